The van der Waals surface area contributed by atoms with Crippen LogP contribution in [0, 0.1) is 11.8 Å². The average Bonchev–Trinajstić information content (AvgIpc) is 2.70. The van der Waals surface area contributed by atoms with Crippen molar-refractivity contribution < 1.29 is 29.0 Å². The van der Waals surface area contributed by atoms with Crippen LogP contribution in [0.15, 0.2) is 24.3 Å². The zero-order chi connectivity index (χ0) is 23.6. The number of ether oxygens (including phenoxy) is 1. The molecule has 0 aliphatic carbocycles. The second-order valence-electron chi connectivity index (χ2n) is 7.71. The first-order valence-corrected chi connectivity index (χ1v) is 11.0. The third-order valence-electron chi connectivity index (χ3n) is 4.68. The van der Waals surface area contributed by atoms with Crippen LogP contribution in [-0.4, -0.2) is 53.5 Å². The number of carboxylic acids is 1. The van der Waals surface area contributed by atoms with Gasteiger partial charge in [-0.2, -0.15) is 0 Å². The van der Waals surface area contributed by atoms with Crippen LogP contribution in [0.4, 0.5) is 0 Å². The highest BCUT2D eigenvalue weighted by molar-refractivity contribution is 8.14. The number of hydrogen-bond acceptors (Lipinski definition) is 6. The van der Waals surface area contributed by atoms with Gasteiger partial charge in [0.2, 0.25) is 11.8 Å². The van der Waals surface area contributed by atoms with Gasteiger partial charge in [-0.1, -0.05) is 37.7 Å². The molecule has 3 atom stereocenters. The van der Waals surface area contributed by atoms with Crippen molar-refractivity contribution in [3.63, 3.8) is 0 Å². The van der Waals surface area contributed by atoms with Crippen molar-refractivity contribution in [2.75, 3.05) is 14.2 Å². The van der Waals surface area contributed by atoms with Gasteiger partial charge in [0.1, 0.15) is 11.8 Å². The smallest absolute Gasteiger partial charge is 0.304 e. The van der Waals surface area contributed by atoms with E-state index in [1.807, 2.05) is 26.0 Å². The van der Waals surface area contributed by atoms with Gasteiger partial charge in [-0.05, 0) is 30.0 Å². The summed E-state index contributed by atoms with van der Waals surface area (Å²) in [6.45, 7) is 5.19. The van der Waals surface area contributed by atoms with Gasteiger partial charge >= 0.3 is 5.97 Å². The van der Waals surface area contributed by atoms with E-state index in [0.29, 0.717) is 12.2 Å². The third kappa shape index (κ3) is 9.42. The molecule has 0 aromatic heterocycles. The molecule has 0 saturated carbocycles. The molecule has 31 heavy (non-hydrogen) atoms. The number of benzene rings is 1. The lowest BCUT2D eigenvalue weighted by Gasteiger charge is -2.27. The van der Waals surface area contributed by atoms with E-state index in [-0.39, 0.29) is 29.8 Å². The van der Waals surface area contributed by atoms with Gasteiger partial charge < -0.3 is 20.5 Å². The first kappa shape index (κ1) is 26.5. The summed E-state index contributed by atoms with van der Waals surface area (Å²) >= 11 is 0.861. The molecule has 9 heteroatoms. The molecule has 0 bridgehead atoms. The molecule has 8 nitrogen and oxygen atoms in total. The summed E-state index contributed by atoms with van der Waals surface area (Å²) in [4.78, 5) is 48.6. The molecule has 0 aliphatic rings. The highest BCUT2D eigenvalue weighted by Gasteiger charge is 2.34. The number of likely N-dealkylation sites (N-methyl/N-ethyl adjacent to an activating group) is 1. The third-order valence-corrected chi connectivity index (χ3v) is 5.81. The normalized spacial score (nSPS) is 13.7. The lowest BCUT2D eigenvalue weighted by atomic mass is 9.91. The SMILES string of the molecule is CNC(=O)[C@H](Cc1ccc(OC)cc1)NC(=O)C(CC(C)C)C(CC(=O)O)SC(C)=O. The molecule has 0 saturated heterocycles. The summed E-state index contributed by atoms with van der Waals surface area (Å²) in [5.74, 6) is -1.83. The number of rotatable bonds is 12. The Kier molecular flexibility index (Phi) is 11.1. The van der Waals surface area contributed by atoms with Gasteiger partial charge in [0.15, 0.2) is 5.12 Å². The number of nitrogens with one attached hydrogen (secondary N) is 2. The Morgan fingerprint density at radius 1 is 1.10 bits per heavy atom. The predicted octanol–water partition coefficient (Wildman–Crippen LogP) is 2.25. The van der Waals surface area contributed by atoms with E-state index in [2.05, 4.69) is 10.6 Å². The maximum absolute atomic E-state index is 13.2. The zero-order valence-corrected chi connectivity index (χ0v) is 19.5. The number of carboxylic acid groups (broad SMARTS) is 1. The minimum atomic E-state index is -1.08. The molecule has 2 unspecified atom stereocenters. The summed E-state index contributed by atoms with van der Waals surface area (Å²) in [5, 5.41) is 13.6. The van der Waals surface area contributed by atoms with E-state index in [0.717, 1.165) is 17.3 Å². The van der Waals surface area contributed by atoms with E-state index in [9.17, 15) is 24.3 Å². The van der Waals surface area contributed by atoms with E-state index < -0.39 is 29.1 Å². The van der Waals surface area contributed by atoms with Crippen LogP contribution in [-0.2, 0) is 25.6 Å². The number of thioether (sulfide) groups is 1. The van der Waals surface area contributed by atoms with Crippen molar-refractivity contribution in [1.29, 1.82) is 0 Å². The monoisotopic (exact) mass is 452 g/mol. The maximum Gasteiger partial charge on any atom is 0.304 e. The fourth-order valence-corrected chi connectivity index (χ4v) is 4.30. The van der Waals surface area contributed by atoms with Crippen LogP contribution in [0.5, 0.6) is 5.75 Å². The van der Waals surface area contributed by atoms with Crippen molar-refractivity contribution in [3.05, 3.63) is 29.8 Å². The molecule has 0 spiro atoms. The number of methoxy groups -OCH3 is 1. The van der Waals surface area contributed by atoms with Crippen LogP contribution >= 0.6 is 11.8 Å². The van der Waals surface area contributed by atoms with Crippen molar-refractivity contribution in [1.82, 2.24) is 10.6 Å². The molecule has 1 aromatic rings. The Hall–Kier alpha value is -2.55. The van der Waals surface area contributed by atoms with Crippen LogP contribution in [0.3, 0.4) is 0 Å². The number of amides is 2. The van der Waals surface area contributed by atoms with Crippen molar-refractivity contribution in [2.45, 2.75) is 51.3 Å². The van der Waals surface area contributed by atoms with E-state index in [1.54, 1.807) is 19.2 Å². The average molecular weight is 453 g/mol. The molecule has 172 valence electrons. The Morgan fingerprint density at radius 3 is 2.16 bits per heavy atom. The van der Waals surface area contributed by atoms with Crippen LogP contribution in [0.2, 0.25) is 0 Å². The maximum atomic E-state index is 13.2. The summed E-state index contributed by atoms with van der Waals surface area (Å²) in [5.41, 5.74) is 0.829. The Bertz CT molecular complexity index is 750. The van der Waals surface area contributed by atoms with Gasteiger partial charge in [0, 0.05) is 25.6 Å². The van der Waals surface area contributed by atoms with Crippen molar-refractivity contribution in [2.24, 2.45) is 11.8 Å². The molecule has 0 fully saturated rings. The first-order valence-electron chi connectivity index (χ1n) is 10.1. The summed E-state index contributed by atoms with van der Waals surface area (Å²) in [6.07, 6.45) is 0.332. The summed E-state index contributed by atoms with van der Waals surface area (Å²) in [6, 6.07) is 6.32. The highest BCUT2D eigenvalue weighted by atomic mass is 32.2. The van der Waals surface area contributed by atoms with Gasteiger partial charge in [-0.25, -0.2) is 0 Å². The Labute approximate surface area is 187 Å². The zero-order valence-electron chi connectivity index (χ0n) is 18.6. The molecule has 0 radical (unpaired) electrons. The summed E-state index contributed by atoms with van der Waals surface area (Å²) in [7, 11) is 3.05. The molecule has 1 aromatic carbocycles. The van der Waals surface area contributed by atoms with Gasteiger partial charge in [-0.15, -0.1) is 0 Å². The Morgan fingerprint density at radius 2 is 1.71 bits per heavy atom. The lowest BCUT2D eigenvalue weighted by Crippen LogP contribution is -2.50. The molecule has 2 amide bonds. The van der Waals surface area contributed by atoms with Gasteiger partial charge in [-0.3, -0.25) is 19.2 Å². The molecule has 3 N–H and O–H groups in total. The molecule has 0 heterocycles. The van der Waals surface area contributed by atoms with Crippen molar-refractivity contribution >= 4 is 34.7 Å². The Balaban J connectivity index is 3.10. The van der Waals surface area contributed by atoms with E-state index in [1.165, 1.54) is 14.0 Å². The molecule has 1 rings (SSSR count). The highest BCUT2D eigenvalue weighted by Crippen LogP contribution is 2.29. The summed E-state index contributed by atoms with van der Waals surface area (Å²) < 4.78 is 5.14. The van der Waals surface area contributed by atoms with Crippen LogP contribution in [0.25, 0.3) is 0 Å². The number of aliphatic carboxylic acids is 1. The number of carbonyl (C=O) groups excluding carboxylic acids is 3. The fourth-order valence-electron chi connectivity index (χ4n) is 3.25. The van der Waals surface area contributed by atoms with E-state index >= 15 is 0 Å². The van der Waals surface area contributed by atoms with Crippen LogP contribution < -0.4 is 15.4 Å². The largest absolute Gasteiger partial charge is 0.497 e. The predicted molar refractivity (Wildman–Crippen MR) is 120 cm³/mol. The molecular formula is C22H32N2O6S. The van der Waals surface area contributed by atoms with Crippen LogP contribution in [0.1, 0.15) is 39.2 Å². The number of hydrogen-bond donors (Lipinski definition) is 3. The fraction of sp³-hybridized carbons (Fsp3) is 0.545. The molecular weight excluding hydrogens is 420 g/mol. The van der Waals surface area contributed by atoms with Gasteiger partial charge in [0.05, 0.1) is 19.4 Å². The molecule has 0 aliphatic heterocycles. The minimum absolute atomic E-state index is 0.0969. The quantitative estimate of drug-likeness (QED) is 0.445. The topological polar surface area (TPSA) is 122 Å². The lowest BCUT2D eigenvalue weighted by molar-refractivity contribution is -0.137. The van der Waals surface area contributed by atoms with E-state index in [4.69, 9.17) is 4.74 Å². The van der Waals surface area contributed by atoms with Crippen molar-refractivity contribution in [3.8, 4) is 5.75 Å². The second-order valence-corrected chi connectivity index (χ2v) is 9.13. The van der Waals surface area contributed by atoms with Gasteiger partial charge in [0.25, 0.3) is 0 Å². The standard InChI is InChI=1S/C22H32N2O6S/c1-13(2)10-17(19(12-20(26)27)31-14(3)25)21(28)24-18(22(29)23-4)11-15-6-8-16(30-5)9-7-15/h6-9,13,17-19H,10-12H2,1-5H3,(H,23,29)(H,24,28)(H,26,27)/t17?,18-,19?/m0/s1. The second kappa shape index (κ2) is 13.0. The number of carbonyl (C=O) groups is 4. The minimum Gasteiger partial charge on any atom is -0.497 e. The first-order chi connectivity index (χ1) is 14.6.